The van der Waals surface area contributed by atoms with Gasteiger partial charge in [-0.3, -0.25) is 0 Å². The van der Waals surface area contributed by atoms with Gasteiger partial charge in [-0.15, -0.1) is 0 Å². The highest BCUT2D eigenvalue weighted by atomic mass is 16.5. The Kier molecular flexibility index (Phi) is 3.83. The number of nitrogens with one attached hydrogen (secondary N) is 1. The third-order valence-electron chi connectivity index (χ3n) is 3.50. The fourth-order valence-corrected chi connectivity index (χ4v) is 2.49. The van der Waals surface area contributed by atoms with Gasteiger partial charge in [0, 0.05) is 25.4 Å². The second-order valence-electron chi connectivity index (χ2n) is 5.76. The maximum Gasteiger partial charge on any atom is 0.227 e. The Balaban J connectivity index is 1.58. The molecule has 0 radical (unpaired) electrons. The van der Waals surface area contributed by atoms with E-state index >= 15 is 0 Å². The van der Waals surface area contributed by atoms with Crippen LogP contribution in [-0.4, -0.2) is 22.7 Å². The third kappa shape index (κ3) is 3.67. The molecule has 0 amide bonds. The summed E-state index contributed by atoms with van der Waals surface area (Å²) in [6.45, 7) is 5.15. The molecule has 4 nitrogen and oxygen atoms in total. The smallest absolute Gasteiger partial charge is 0.227 e. The summed E-state index contributed by atoms with van der Waals surface area (Å²) in [6, 6.07) is 7.26. The van der Waals surface area contributed by atoms with Crippen LogP contribution in [0, 0.1) is 13.8 Å². The lowest BCUT2D eigenvalue weighted by Crippen LogP contribution is -2.19. The quantitative estimate of drug-likeness (QED) is 0.877. The highest BCUT2D eigenvalue weighted by Crippen LogP contribution is 2.18. The average molecular weight is 271 g/mol. The molecule has 2 aromatic rings. The van der Waals surface area contributed by atoms with Crippen LogP contribution in [0.3, 0.4) is 0 Å². The Morgan fingerprint density at radius 2 is 1.95 bits per heavy atom. The predicted octanol–water partition coefficient (Wildman–Crippen LogP) is 2.57. The Bertz CT molecular complexity index is 567. The molecule has 1 aliphatic rings. The van der Waals surface area contributed by atoms with Crippen molar-refractivity contribution in [2.75, 3.05) is 6.54 Å². The van der Waals surface area contributed by atoms with Gasteiger partial charge >= 0.3 is 0 Å². The molecular formula is C16H21N3O. The van der Waals surface area contributed by atoms with Crippen LogP contribution in [-0.2, 0) is 12.8 Å². The normalized spacial score (nSPS) is 14.7. The molecule has 0 spiro atoms. The van der Waals surface area contributed by atoms with Gasteiger partial charge in [0.25, 0.3) is 0 Å². The lowest BCUT2D eigenvalue weighted by Gasteiger charge is -2.01. The van der Waals surface area contributed by atoms with E-state index in [1.807, 2.05) is 0 Å². The van der Waals surface area contributed by atoms with Gasteiger partial charge in [0.05, 0.1) is 0 Å². The first-order valence-electron chi connectivity index (χ1n) is 7.31. The molecule has 0 unspecified atom stereocenters. The van der Waals surface area contributed by atoms with Crippen molar-refractivity contribution in [1.29, 1.82) is 0 Å². The predicted molar refractivity (Wildman–Crippen MR) is 77.7 cm³/mol. The molecule has 1 heterocycles. The van der Waals surface area contributed by atoms with Gasteiger partial charge in [-0.1, -0.05) is 34.5 Å². The monoisotopic (exact) mass is 271 g/mol. The van der Waals surface area contributed by atoms with Gasteiger partial charge in [-0.25, -0.2) is 0 Å². The molecule has 106 valence electrons. The van der Waals surface area contributed by atoms with E-state index in [0.29, 0.717) is 0 Å². The largest absolute Gasteiger partial charge is 0.339 e. The number of aryl methyl sites for hydroxylation is 2. The van der Waals surface area contributed by atoms with Crippen molar-refractivity contribution in [3.05, 3.63) is 46.6 Å². The van der Waals surface area contributed by atoms with E-state index in [1.165, 1.54) is 29.5 Å². The number of aromatic nitrogens is 2. The Morgan fingerprint density at radius 3 is 2.65 bits per heavy atom. The summed E-state index contributed by atoms with van der Waals surface area (Å²) in [4.78, 5) is 4.46. The van der Waals surface area contributed by atoms with Gasteiger partial charge in [-0.2, -0.15) is 4.98 Å². The third-order valence-corrected chi connectivity index (χ3v) is 3.50. The van der Waals surface area contributed by atoms with E-state index in [2.05, 4.69) is 47.5 Å². The molecule has 1 fully saturated rings. The summed E-state index contributed by atoms with van der Waals surface area (Å²) < 4.78 is 5.30. The van der Waals surface area contributed by atoms with Gasteiger partial charge in [0.15, 0.2) is 5.82 Å². The Labute approximate surface area is 119 Å². The van der Waals surface area contributed by atoms with Crippen LogP contribution >= 0.6 is 0 Å². The maximum absolute atomic E-state index is 5.30. The van der Waals surface area contributed by atoms with Crippen molar-refractivity contribution in [3.8, 4) is 0 Å². The van der Waals surface area contributed by atoms with Gasteiger partial charge in [0.2, 0.25) is 5.89 Å². The molecule has 1 saturated carbocycles. The second-order valence-corrected chi connectivity index (χ2v) is 5.76. The zero-order chi connectivity index (χ0) is 13.9. The molecule has 0 bridgehead atoms. The van der Waals surface area contributed by atoms with E-state index < -0.39 is 0 Å². The molecule has 4 heteroatoms. The Hall–Kier alpha value is -1.68. The standard InChI is InChI=1S/C16H21N3O/c1-11-7-12(2)9-13(8-11)10-15-18-16(20-19-15)5-6-17-14-3-4-14/h7-9,14,17H,3-6,10H2,1-2H3. The second kappa shape index (κ2) is 5.75. The summed E-state index contributed by atoms with van der Waals surface area (Å²) in [5.74, 6) is 1.51. The molecule has 0 atom stereocenters. The summed E-state index contributed by atoms with van der Waals surface area (Å²) in [5.41, 5.74) is 3.79. The van der Waals surface area contributed by atoms with Crippen molar-refractivity contribution in [2.24, 2.45) is 0 Å². The topological polar surface area (TPSA) is 51.0 Å². The van der Waals surface area contributed by atoms with E-state index in [-0.39, 0.29) is 0 Å². The molecule has 1 aliphatic carbocycles. The lowest BCUT2D eigenvalue weighted by molar-refractivity contribution is 0.371. The summed E-state index contributed by atoms with van der Waals surface area (Å²) >= 11 is 0. The number of benzene rings is 1. The van der Waals surface area contributed by atoms with Crippen molar-refractivity contribution in [1.82, 2.24) is 15.5 Å². The van der Waals surface area contributed by atoms with Crippen LogP contribution in [0.5, 0.6) is 0 Å². The minimum atomic E-state index is 0.729. The fraction of sp³-hybridized carbons (Fsp3) is 0.500. The van der Waals surface area contributed by atoms with E-state index in [0.717, 1.165) is 37.1 Å². The molecule has 1 N–H and O–H groups in total. The van der Waals surface area contributed by atoms with E-state index in [4.69, 9.17) is 4.52 Å². The molecule has 1 aromatic heterocycles. The van der Waals surface area contributed by atoms with Crippen LogP contribution in [0.25, 0.3) is 0 Å². The molecular weight excluding hydrogens is 250 g/mol. The van der Waals surface area contributed by atoms with Crippen LogP contribution in [0.1, 0.15) is 41.2 Å². The molecule has 20 heavy (non-hydrogen) atoms. The zero-order valence-electron chi connectivity index (χ0n) is 12.1. The number of hydrogen-bond acceptors (Lipinski definition) is 4. The highest BCUT2D eigenvalue weighted by Gasteiger charge is 2.20. The number of nitrogens with zero attached hydrogens (tertiary/aromatic N) is 2. The number of hydrogen-bond donors (Lipinski definition) is 1. The van der Waals surface area contributed by atoms with E-state index in [9.17, 15) is 0 Å². The summed E-state index contributed by atoms with van der Waals surface area (Å²) in [6.07, 6.45) is 4.17. The molecule has 1 aromatic carbocycles. The summed E-state index contributed by atoms with van der Waals surface area (Å²) in [7, 11) is 0. The first-order chi connectivity index (χ1) is 9.69. The van der Waals surface area contributed by atoms with Crippen LogP contribution in [0.2, 0.25) is 0 Å². The van der Waals surface area contributed by atoms with Crippen molar-refractivity contribution in [2.45, 2.75) is 45.6 Å². The summed E-state index contributed by atoms with van der Waals surface area (Å²) in [5, 5.41) is 7.52. The van der Waals surface area contributed by atoms with Gasteiger partial charge in [0.1, 0.15) is 0 Å². The molecule has 3 rings (SSSR count). The fourth-order valence-electron chi connectivity index (χ4n) is 2.49. The van der Waals surface area contributed by atoms with Crippen LogP contribution < -0.4 is 5.32 Å². The zero-order valence-corrected chi connectivity index (χ0v) is 12.1. The minimum Gasteiger partial charge on any atom is -0.339 e. The van der Waals surface area contributed by atoms with Gasteiger partial charge < -0.3 is 9.84 Å². The molecule has 0 aliphatic heterocycles. The van der Waals surface area contributed by atoms with Crippen molar-refractivity contribution in [3.63, 3.8) is 0 Å². The number of rotatable bonds is 6. The van der Waals surface area contributed by atoms with Crippen molar-refractivity contribution < 1.29 is 4.52 Å². The highest BCUT2D eigenvalue weighted by molar-refractivity contribution is 5.30. The Morgan fingerprint density at radius 1 is 1.20 bits per heavy atom. The van der Waals surface area contributed by atoms with E-state index in [1.54, 1.807) is 0 Å². The first-order valence-corrected chi connectivity index (χ1v) is 7.31. The SMILES string of the molecule is Cc1cc(C)cc(Cc2noc(CCNC3CC3)n2)c1. The maximum atomic E-state index is 5.30. The van der Waals surface area contributed by atoms with Crippen LogP contribution in [0.15, 0.2) is 22.7 Å². The lowest BCUT2D eigenvalue weighted by atomic mass is 10.1. The molecule has 0 saturated heterocycles. The van der Waals surface area contributed by atoms with Gasteiger partial charge in [-0.05, 0) is 32.3 Å². The average Bonchev–Trinajstić information content (AvgIpc) is 3.09. The van der Waals surface area contributed by atoms with Crippen molar-refractivity contribution >= 4 is 0 Å². The first kappa shape index (κ1) is 13.3. The van der Waals surface area contributed by atoms with Crippen LogP contribution in [0.4, 0.5) is 0 Å². The minimum absolute atomic E-state index is 0.729.